The van der Waals surface area contributed by atoms with Crippen LogP contribution in [-0.4, -0.2) is 61.9 Å². The molecule has 1 aromatic heterocycles. The first kappa shape index (κ1) is 18.2. The minimum atomic E-state index is -0.0939. The number of rotatable bonds is 9. The maximum atomic E-state index is 12.4. The van der Waals surface area contributed by atoms with Crippen LogP contribution in [0.3, 0.4) is 0 Å². The monoisotopic (exact) mass is 309 g/mol. The summed E-state index contributed by atoms with van der Waals surface area (Å²) >= 11 is 0. The molecular weight excluding hydrogens is 282 g/mol. The second-order valence-electron chi connectivity index (χ2n) is 6.06. The highest BCUT2D eigenvalue weighted by atomic mass is 16.3. The summed E-state index contributed by atoms with van der Waals surface area (Å²) in [5.41, 5.74) is 0.522. The summed E-state index contributed by atoms with van der Waals surface area (Å²) in [6, 6.07) is 1.65. The van der Waals surface area contributed by atoms with Crippen molar-refractivity contribution < 1.29 is 14.0 Å². The van der Waals surface area contributed by atoms with E-state index in [1.165, 1.54) is 12.5 Å². The van der Waals surface area contributed by atoms with Crippen LogP contribution in [0.2, 0.25) is 0 Å². The predicted molar refractivity (Wildman–Crippen MR) is 85.6 cm³/mol. The first-order valence-electron chi connectivity index (χ1n) is 7.63. The highest BCUT2D eigenvalue weighted by Crippen LogP contribution is 2.09. The van der Waals surface area contributed by atoms with Crippen LogP contribution in [-0.2, 0) is 4.79 Å². The number of carbonyl (C=O) groups excluding carboxylic acids is 2. The second-order valence-corrected chi connectivity index (χ2v) is 6.06. The third-order valence-electron chi connectivity index (χ3n) is 3.13. The van der Waals surface area contributed by atoms with Crippen LogP contribution in [0.1, 0.15) is 30.6 Å². The van der Waals surface area contributed by atoms with Gasteiger partial charge in [0, 0.05) is 32.6 Å². The quantitative estimate of drug-likeness (QED) is 0.750. The lowest BCUT2D eigenvalue weighted by Crippen LogP contribution is -2.38. The van der Waals surface area contributed by atoms with E-state index < -0.39 is 0 Å². The van der Waals surface area contributed by atoms with Crippen LogP contribution in [0.5, 0.6) is 0 Å². The number of hydrogen-bond donors (Lipinski definition) is 1. The molecule has 1 rings (SSSR count). The van der Waals surface area contributed by atoms with Gasteiger partial charge in [0.2, 0.25) is 5.91 Å². The van der Waals surface area contributed by atoms with Crippen LogP contribution in [0.25, 0.3) is 0 Å². The standard InChI is InChI=1S/C16H27N3O3/c1-13(2)11-19(16(21)14-6-10-22-12-14)8-5-15(20)17-7-9-18(3)4/h6,10,12-13H,5,7-9,11H2,1-4H3,(H,17,20). The maximum Gasteiger partial charge on any atom is 0.257 e. The lowest BCUT2D eigenvalue weighted by molar-refractivity contribution is -0.121. The molecular formula is C16H27N3O3. The maximum absolute atomic E-state index is 12.4. The first-order chi connectivity index (χ1) is 10.4. The lowest BCUT2D eigenvalue weighted by Gasteiger charge is -2.24. The van der Waals surface area contributed by atoms with Gasteiger partial charge in [-0.1, -0.05) is 13.8 Å². The Labute approximate surface area is 132 Å². The van der Waals surface area contributed by atoms with Gasteiger partial charge in [0.15, 0.2) is 0 Å². The summed E-state index contributed by atoms with van der Waals surface area (Å²) in [6.07, 6.45) is 3.23. The predicted octanol–water partition coefficient (Wildman–Crippen LogP) is 1.45. The zero-order valence-electron chi connectivity index (χ0n) is 14.0. The van der Waals surface area contributed by atoms with Crippen molar-refractivity contribution in [2.45, 2.75) is 20.3 Å². The van der Waals surface area contributed by atoms with Gasteiger partial charge in [0.25, 0.3) is 5.91 Å². The second kappa shape index (κ2) is 9.25. The van der Waals surface area contributed by atoms with Gasteiger partial charge in [-0.2, -0.15) is 0 Å². The van der Waals surface area contributed by atoms with E-state index in [2.05, 4.69) is 5.32 Å². The van der Waals surface area contributed by atoms with E-state index in [-0.39, 0.29) is 11.8 Å². The Morgan fingerprint density at radius 3 is 2.55 bits per heavy atom. The topological polar surface area (TPSA) is 65.8 Å². The molecule has 1 N–H and O–H groups in total. The molecule has 0 atom stereocenters. The number of carbonyl (C=O) groups is 2. The molecule has 1 heterocycles. The van der Waals surface area contributed by atoms with Crippen molar-refractivity contribution >= 4 is 11.8 Å². The molecule has 0 radical (unpaired) electrons. The summed E-state index contributed by atoms with van der Waals surface area (Å²) in [6.45, 7) is 6.55. The van der Waals surface area contributed by atoms with Crippen molar-refractivity contribution in [2.24, 2.45) is 5.92 Å². The number of nitrogens with zero attached hydrogens (tertiary/aromatic N) is 2. The van der Waals surface area contributed by atoms with Crippen molar-refractivity contribution in [1.82, 2.24) is 15.1 Å². The van der Waals surface area contributed by atoms with Gasteiger partial charge in [0.1, 0.15) is 6.26 Å². The Morgan fingerprint density at radius 1 is 1.27 bits per heavy atom. The van der Waals surface area contributed by atoms with E-state index in [1.54, 1.807) is 11.0 Å². The molecule has 0 aliphatic heterocycles. The molecule has 2 amide bonds. The molecule has 6 nitrogen and oxygen atoms in total. The van der Waals surface area contributed by atoms with E-state index in [4.69, 9.17) is 4.42 Å². The zero-order chi connectivity index (χ0) is 16.5. The van der Waals surface area contributed by atoms with Gasteiger partial charge in [0.05, 0.1) is 11.8 Å². The lowest BCUT2D eigenvalue weighted by atomic mass is 10.1. The van der Waals surface area contributed by atoms with Crippen molar-refractivity contribution in [1.29, 1.82) is 0 Å². The number of nitrogens with one attached hydrogen (secondary N) is 1. The van der Waals surface area contributed by atoms with Gasteiger partial charge in [-0.25, -0.2) is 0 Å². The minimum Gasteiger partial charge on any atom is -0.472 e. The van der Waals surface area contributed by atoms with Crippen molar-refractivity contribution in [3.05, 3.63) is 24.2 Å². The van der Waals surface area contributed by atoms with Crippen LogP contribution < -0.4 is 5.32 Å². The molecule has 0 fully saturated rings. The van der Waals surface area contributed by atoms with Gasteiger partial charge < -0.3 is 19.5 Å². The van der Waals surface area contributed by atoms with Crippen LogP contribution >= 0.6 is 0 Å². The highest BCUT2D eigenvalue weighted by Gasteiger charge is 2.18. The molecule has 0 spiro atoms. The largest absolute Gasteiger partial charge is 0.472 e. The molecule has 0 saturated heterocycles. The molecule has 0 aliphatic rings. The Hall–Kier alpha value is -1.82. The van der Waals surface area contributed by atoms with Crippen LogP contribution in [0, 0.1) is 5.92 Å². The SMILES string of the molecule is CC(C)CN(CCC(=O)NCCN(C)C)C(=O)c1ccoc1. The smallest absolute Gasteiger partial charge is 0.257 e. The Kier molecular flexibility index (Phi) is 7.66. The number of furan rings is 1. The average Bonchev–Trinajstić information content (AvgIpc) is 2.96. The summed E-state index contributed by atoms with van der Waals surface area (Å²) in [5, 5.41) is 2.86. The van der Waals surface area contributed by atoms with E-state index in [1.807, 2.05) is 32.8 Å². The molecule has 124 valence electrons. The fourth-order valence-electron chi connectivity index (χ4n) is 2.03. The minimum absolute atomic E-state index is 0.0319. The third kappa shape index (κ3) is 6.76. The van der Waals surface area contributed by atoms with E-state index in [0.717, 1.165) is 6.54 Å². The van der Waals surface area contributed by atoms with Gasteiger partial charge in [-0.15, -0.1) is 0 Å². The van der Waals surface area contributed by atoms with Crippen molar-refractivity contribution in [3.63, 3.8) is 0 Å². The molecule has 1 aromatic rings. The fourth-order valence-corrected chi connectivity index (χ4v) is 2.03. The summed E-state index contributed by atoms with van der Waals surface area (Å²) in [4.78, 5) is 27.9. The first-order valence-corrected chi connectivity index (χ1v) is 7.63. The molecule has 0 unspecified atom stereocenters. The van der Waals surface area contributed by atoms with Gasteiger partial charge in [-0.05, 0) is 26.1 Å². The number of hydrogen-bond acceptors (Lipinski definition) is 4. The molecule has 0 aromatic carbocycles. The zero-order valence-corrected chi connectivity index (χ0v) is 14.0. The highest BCUT2D eigenvalue weighted by molar-refractivity contribution is 5.94. The van der Waals surface area contributed by atoms with E-state index in [9.17, 15) is 9.59 Å². The summed E-state index contributed by atoms with van der Waals surface area (Å²) in [5.74, 6) is 0.215. The molecule has 0 aliphatic carbocycles. The Bertz CT molecular complexity index is 455. The van der Waals surface area contributed by atoms with Crippen molar-refractivity contribution in [3.8, 4) is 0 Å². The third-order valence-corrected chi connectivity index (χ3v) is 3.13. The molecule has 6 heteroatoms. The summed E-state index contributed by atoms with van der Waals surface area (Å²) < 4.78 is 4.96. The van der Waals surface area contributed by atoms with Crippen LogP contribution in [0.15, 0.2) is 23.0 Å². The summed E-state index contributed by atoms with van der Waals surface area (Å²) in [7, 11) is 3.92. The number of likely N-dealkylation sites (N-methyl/N-ethyl adjacent to an activating group) is 1. The van der Waals surface area contributed by atoms with Crippen LogP contribution in [0.4, 0.5) is 0 Å². The Morgan fingerprint density at radius 2 is 2.00 bits per heavy atom. The van der Waals surface area contributed by atoms with Gasteiger partial charge in [-0.3, -0.25) is 9.59 Å². The molecule has 0 bridgehead atoms. The molecule has 22 heavy (non-hydrogen) atoms. The van der Waals surface area contributed by atoms with E-state index >= 15 is 0 Å². The number of amides is 2. The van der Waals surface area contributed by atoms with Gasteiger partial charge >= 0.3 is 0 Å². The molecule has 0 saturated carbocycles. The fraction of sp³-hybridized carbons (Fsp3) is 0.625. The average molecular weight is 309 g/mol. The Balaban J connectivity index is 2.48. The normalized spacial score (nSPS) is 11.0. The van der Waals surface area contributed by atoms with Crippen molar-refractivity contribution in [2.75, 3.05) is 40.3 Å². The van der Waals surface area contributed by atoms with E-state index in [0.29, 0.717) is 37.5 Å².